The van der Waals surface area contributed by atoms with Gasteiger partial charge >= 0.3 is 12.1 Å². The molecule has 1 aromatic heterocycles. The van der Waals surface area contributed by atoms with E-state index in [1.807, 2.05) is 0 Å². The molecule has 30 heavy (non-hydrogen) atoms. The van der Waals surface area contributed by atoms with Crippen LogP contribution in [0.4, 0.5) is 13.7 Å². The van der Waals surface area contributed by atoms with E-state index in [1.54, 1.807) is 39.8 Å². The highest BCUT2D eigenvalue weighted by Crippen LogP contribution is 2.28. The molecule has 1 aromatic carbocycles. The highest BCUT2D eigenvalue weighted by molar-refractivity contribution is 9.10. The second-order valence-corrected chi connectivity index (χ2v) is 8.46. The van der Waals surface area contributed by atoms with Crippen molar-refractivity contribution in [1.82, 2.24) is 15.3 Å². The van der Waals surface area contributed by atoms with Gasteiger partial charge in [0.2, 0.25) is 0 Å². The fourth-order valence-corrected chi connectivity index (χ4v) is 3.20. The van der Waals surface area contributed by atoms with Crippen molar-refractivity contribution in [2.24, 2.45) is 0 Å². The van der Waals surface area contributed by atoms with E-state index in [1.165, 1.54) is 12.3 Å². The van der Waals surface area contributed by atoms with Gasteiger partial charge in [-0.1, -0.05) is 25.3 Å². The number of benzene rings is 1. The van der Waals surface area contributed by atoms with Gasteiger partial charge < -0.3 is 14.8 Å². The minimum Gasteiger partial charge on any atom is -0.461 e. The summed E-state index contributed by atoms with van der Waals surface area (Å²) in [6, 6.07) is 4.40. The Labute approximate surface area is 181 Å². The first kappa shape index (κ1) is 23.8. The van der Waals surface area contributed by atoms with E-state index in [2.05, 4.69) is 26.3 Å². The molecule has 1 N–H and O–H groups in total. The minimum atomic E-state index is -0.874. The van der Waals surface area contributed by atoms with Crippen LogP contribution in [-0.4, -0.2) is 40.8 Å². The van der Waals surface area contributed by atoms with Crippen molar-refractivity contribution in [3.8, 4) is 0 Å². The van der Waals surface area contributed by atoms with Gasteiger partial charge in [0.1, 0.15) is 11.4 Å². The van der Waals surface area contributed by atoms with Crippen LogP contribution >= 0.6 is 15.9 Å². The first-order chi connectivity index (χ1) is 14.0. The van der Waals surface area contributed by atoms with Gasteiger partial charge in [0.05, 0.1) is 12.8 Å². The van der Waals surface area contributed by atoms with E-state index in [-0.39, 0.29) is 41.3 Å². The quantitative estimate of drug-likeness (QED) is 0.579. The lowest BCUT2D eigenvalue weighted by molar-refractivity contribution is 0.0489. The molecule has 0 radical (unpaired) electrons. The van der Waals surface area contributed by atoms with Crippen molar-refractivity contribution in [2.45, 2.75) is 45.6 Å². The van der Waals surface area contributed by atoms with Crippen LogP contribution in [0.2, 0.25) is 0 Å². The maximum Gasteiger partial charge on any atom is 0.407 e. The molecule has 2 rings (SSSR count). The Bertz CT molecular complexity index is 912. The van der Waals surface area contributed by atoms with E-state index >= 15 is 0 Å². The molecule has 7 nitrogen and oxygen atoms in total. The van der Waals surface area contributed by atoms with Gasteiger partial charge in [0.15, 0.2) is 5.69 Å². The number of alkyl carbamates (subject to hydrolysis) is 1. The fourth-order valence-electron chi connectivity index (χ4n) is 2.82. The lowest BCUT2D eigenvalue weighted by Crippen LogP contribution is -2.35. The summed E-state index contributed by atoms with van der Waals surface area (Å²) in [7, 11) is 0. The minimum absolute atomic E-state index is 0.0119. The fraction of sp³-hybridized carbons (Fsp3) is 0.450. The number of amides is 1. The Morgan fingerprint density at radius 3 is 2.67 bits per heavy atom. The van der Waals surface area contributed by atoms with E-state index in [0.29, 0.717) is 4.47 Å². The number of hydrogen-bond donors (Lipinski definition) is 1. The van der Waals surface area contributed by atoms with Crippen LogP contribution in [0.1, 0.15) is 55.2 Å². The van der Waals surface area contributed by atoms with Crippen molar-refractivity contribution in [2.75, 3.05) is 13.2 Å². The van der Waals surface area contributed by atoms with Crippen LogP contribution in [0.15, 0.2) is 28.9 Å². The first-order valence-corrected chi connectivity index (χ1v) is 10.1. The molecule has 164 valence electrons. The second-order valence-electron chi connectivity index (χ2n) is 7.55. The number of esters is 1. The summed E-state index contributed by atoms with van der Waals surface area (Å²) in [6.45, 7) is 6.81. The summed E-state index contributed by atoms with van der Waals surface area (Å²) >= 11 is 3.30. The summed E-state index contributed by atoms with van der Waals surface area (Å²) in [4.78, 5) is 24.1. The maximum atomic E-state index is 14.6. The van der Waals surface area contributed by atoms with Crippen molar-refractivity contribution >= 4 is 28.0 Å². The van der Waals surface area contributed by atoms with Crippen LogP contribution in [0.3, 0.4) is 0 Å². The molecule has 0 saturated carbocycles. The monoisotopic (exact) mass is 487 g/mol. The zero-order chi connectivity index (χ0) is 22.5. The molecule has 10 heteroatoms. The number of rotatable bonds is 7. The normalized spacial score (nSPS) is 12.4. The van der Waals surface area contributed by atoms with Crippen LogP contribution in [0, 0.1) is 5.82 Å². The van der Waals surface area contributed by atoms with Crippen molar-refractivity contribution in [3.05, 3.63) is 51.5 Å². The van der Waals surface area contributed by atoms with E-state index in [9.17, 15) is 18.5 Å². The number of halogens is 3. The summed E-state index contributed by atoms with van der Waals surface area (Å²) in [5.41, 5.74) is -0.560. The Hall–Kier alpha value is -2.49. The molecule has 0 fully saturated rings. The van der Waals surface area contributed by atoms with Crippen LogP contribution in [0.5, 0.6) is 0 Å². The van der Waals surface area contributed by atoms with Crippen LogP contribution in [-0.2, 0) is 15.9 Å². The topological polar surface area (TPSA) is 82.4 Å². The zero-order valence-corrected chi connectivity index (χ0v) is 18.8. The molecule has 1 amide bonds. The summed E-state index contributed by atoms with van der Waals surface area (Å²) < 4.78 is 39.3. The Kier molecular flexibility index (Phi) is 7.94. The molecule has 0 spiro atoms. The predicted octanol–water partition coefficient (Wildman–Crippen LogP) is 4.55. The summed E-state index contributed by atoms with van der Waals surface area (Å²) in [6.07, 6.45) is 0.541. The van der Waals surface area contributed by atoms with Gasteiger partial charge in [-0.2, -0.15) is 0 Å². The average molecular weight is 488 g/mol. The first-order valence-electron chi connectivity index (χ1n) is 9.33. The molecule has 0 bridgehead atoms. The van der Waals surface area contributed by atoms with Crippen LogP contribution < -0.4 is 5.32 Å². The predicted molar refractivity (Wildman–Crippen MR) is 109 cm³/mol. The number of carbonyl (C=O) groups is 2. The van der Waals surface area contributed by atoms with Crippen LogP contribution in [0.25, 0.3) is 0 Å². The lowest BCUT2D eigenvalue weighted by atomic mass is 9.91. The lowest BCUT2D eigenvalue weighted by Gasteiger charge is -2.22. The largest absolute Gasteiger partial charge is 0.461 e. The smallest absolute Gasteiger partial charge is 0.407 e. The Morgan fingerprint density at radius 1 is 1.33 bits per heavy atom. The van der Waals surface area contributed by atoms with Gasteiger partial charge in [-0.3, -0.25) is 0 Å². The standard InChI is InChI=1S/C20H24BrF2N3O4/c1-5-29-18(27)17-13(11-25-26(17)23)8-12(10-24-19(28)30-20(2,3)4)15-9-14(21)6-7-16(15)22/h6-7,9,11-12H,5,8,10H2,1-4H3,(H,24,28)/t12-/m0/s1. The SMILES string of the molecule is CCOC(=O)c1c(C[C@@H](CNC(=O)OC(C)(C)C)c2cc(Br)ccc2F)cnn1F. The zero-order valence-electron chi connectivity index (χ0n) is 17.2. The summed E-state index contributed by atoms with van der Waals surface area (Å²) in [5.74, 6) is -2.01. The Morgan fingerprint density at radius 2 is 2.03 bits per heavy atom. The molecule has 2 aromatic rings. The molecule has 1 atom stereocenters. The van der Waals surface area contributed by atoms with Crippen molar-refractivity contribution < 1.29 is 27.9 Å². The molecule has 0 saturated heterocycles. The van der Waals surface area contributed by atoms with Crippen molar-refractivity contribution in [1.29, 1.82) is 0 Å². The number of carbonyl (C=O) groups excluding carboxylic acids is 2. The molecular weight excluding hydrogens is 464 g/mol. The number of nitrogens with one attached hydrogen (secondary N) is 1. The third-order valence-corrected chi connectivity index (χ3v) is 4.52. The van der Waals surface area contributed by atoms with Gasteiger partial charge in [-0.05, 0) is 57.9 Å². The third kappa shape index (κ3) is 6.51. The molecule has 0 aliphatic heterocycles. The van der Waals surface area contributed by atoms with Gasteiger partial charge in [-0.25, -0.2) is 14.0 Å². The number of aromatic nitrogens is 2. The highest BCUT2D eigenvalue weighted by Gasteiger charge is 2.26. The van der Waals surface area contributed by atoms with E-state index in [4.69, 9.17) is 9.47 Å². The highest BCUT2D eigenvalue weighted by atomic mass is 79.9. The molecular formula is C20H24BrF2N3O4. The van der Waals surface area contributed by atoms with Gasteiger partial charge in [0, 0.05) is 22.5 Å². The molecule has 0 unspecified atom stereocenters. The second kappa shape index (κ2) is 10.0. The molecule has 1 heterocycles. The maximum absolute atomic E-state index is 14.6. The molecule has 0 aliphatic rings. The average Bonchev–Trinajstić information content (AvgIpc) is 3.00. The number of ether oxygens (including phenoxy) is 2. The van der Waals surface area contributed by atoms with E-state index < -0.39 is 29.4 Å². The number of hydrogen-bond acceptors (Lipinski definition) is 5. The van der Waals surface area contributed by atoms with Gasteiger partial charge in [-0.15, -0.1) is 5.10 Å². The van der Waals surface area contributed by atoms with E-state index in [0.717, 1.165) is 0 Å². The Balaban J connectivity index is 2.32. The van der Waals surface area contributed by atoms with Crippen molar-refractivity contribution in [3.63, 3.8) is 0 Å². The third-order valence-electron chi connectivity index (χ3n) is 4.03. The number of nitrogens with zero attached hydrogens (tertiary/aromatic N) is 2. The molecule has 0 aliphatic carbocycles. The van der Waals surface area contributed by atoms with Gasteiger partial charge in [0.25, 0.3) is 0 Å². The summed E-state index contributed by atoms with van der Waals surface area (Å²) in [5, 5.41) is 6.09.